The zero-order valence-electron chi connectivity index (χ0n) is 18.5. The van der Waals surface area contributed by atoms with Crippen molar-refractivity contribution in [1.29, 1.82) is 0 Å². The van der Waals surface area contributed by atoms with Crippen LogP contribution < -0.4 is 0 Å². The second-order valence-corrected chi connectivity index (χ2v) is 14.2. The van der Waals surface area contributed by atoms with Crippen LogP contribution in [0.1, 0.15) is 72.4 Å². The zero-order valence-corrected chi connectivity index (χ0v) is 20.9. The topological polar surface area (TPSA) is 34.1 Å². The Kier molecular flexibility index (Phi) is 5.01. The predicted octanol–water partition coefficient (Wildman–Crippen LogP) is 7.22. The first-order valence-corrected chi connectivity index (χ1v) is 14.0. The highest BCUT2D eigenvalue weighted by Crippen LogP contribution is 2.78. The van der Waals surface area contributed by atoms with Gasteiger partial charge in [0.1, 0.15) is 8.16 Å². The Hall–Kier alpha value is -1.17. The van der Waals surface area contributed by atoms with E-state index in [0.717, 1.165) is 47.9 Å². The first kappa shape index (κ1) is 21.7. The minimum Gasteiger partial charge on any atom is -0.292 e. The summed E-state index contributed by atoms with van der Waals surface area (Å²) in [5.74, 6) is 0.395. The third-order valence-corrected chi connectivity index (χ3v) is 15.2. The summed E-state index contributed by atoms with van der Waals surface area (Å²) in [4.78, 5) is 28.3. The van der Waals surface area contributed by atoms with E-state index in [0.29, 0.717) is 0 Å². The summed E-state index contributed by atoms with van der Waals surface area (Å²) < 4.78 is -1.31. The highest BCUT2D eigenvalue weighted by molar-refractivity contribution is 8.84. The van der Waals surface area contributed by atoms with Crippen molar-refractivity contribution in [3.8, 4) is 0 Å². The molecular weight excluding hydrogens is 440 g/mol. The number of Topliss-reactive ketones (excluding diaryl/α,β-unsaturated/α-hetero) is 2. The molecule has 0 radical (unpaired) electrons. The van der Waals surface area contributed by atoms with Crippen LogP contribution in [0, 0.1) is 10.8 Å². The number of carbonyl (C=O) groups excluding carboxylic acids is 2. The Labute approximate surface area is 197 Å². The molecule has 5 heteroatoms. The third-order valence-electron chi connectivity index (χ3n) is 8.00. The summed E-state index contributed by atoms with van der Waals surface area (Å²) in [5.41, 5.74) is 3.55. The van der Waals surface area contributed by atoms with Gasteiger partial charge in [-0.15, -0.1) is 11.8 Å². The molecule has 0 unspecified atom stereocenters. The fourth-order valence-corrected chi connectivity index (χ4v) is 13.4. The molecule has 2 aromatic rings. The number of hydrogen-bond donors (Lipinski definition) is 0. The van der Waals surface area contributed by atoms with Crippen molar-refractivity contribution in [2.45, 2.75) is 61.5 Å². The molecule has 1 fully saturated rings. The largest absolute Gasteiger partial charge is 0.292 e. The maximum absolute atomic E-state index is 14.1. The normalized spacial score (nSPS) is 36.6. The van der Waals surface area contributed by atoms with E-state index in [2.05, 4.69) is 39.8 Å². The molecule has 0 saturated carbocycles. The average Bonchev–Trinajstić information content (AvgIpc) is 3.21. The summed E-state index contributed by atoms with van der Waals surface area (Å²) >= 11 is 1.69. The second-order valence-electron chi connectivity index (χ2n) is 9.66. The van der Waals surface area contributed by atoms with Crippen molar-refractivity contribution < 1.29 is 9.59 Å². The lowest BCUT2D eigenvalue weighted by molar-refractivity contribution is 0.0870. The summed E-state index contributed by atoms with van der Waals surface area (Å²) in [6.07, 6.45) is 3.54. The van der Waals surface area contributed by atoms with Crippen LogP contribution in [0.15, 0.2) is 48.5 Å². The van der Waals surface area contributed by atoms with Gasteiger partial charge in [0, 0.05) is 22.0 Å². The van der Waals surface area contributed by atoms with Crippen LogP contribution in [0.2, 0.25) is 0 Å². The van der Waals surface area contributed by atoms with Gasteiger partial charge in [-0.3, -0.25) is 9.59 Å². The van der Waals surface area contributed by atoms with Crippen LogP contribution in [-0.2, 0) is 12.8 Å². The van der Waals surface area contributed by atoms with E-state index in [1.54, 1.807) is 33.3 Å². The van der Waals surface area contributed by atoms with Crippen molar-refractivity contribution >= 4 is 44.9 Å². The number of ketones is 2. The summed E-state index contributed by atoms with van der Waals surface area (Å²) in [5, 5.41) is 0. The van der Waals surface area contributed by atoms with Gasteiger partial charge in [0.05, 0.1) is 0 Å². The molecule has 162 valence electrons. The van der Waals surface area contributed by atoms with E-state index in [1.165, 1.54) is 0 Å². The number of rotatable bonds is 2. The number of carbonyl (C=O) groups is 2. The first-order valence-electron chi connectivity index (χ1n) is 11.1. The monoisotopic (exact) mass is 468 g/mol. The maximum Gasteiger partial charge on any atom is 0.190 e. The van der Waals surface area contributed by atoms with Crippen LogP contribution >= 0.6 is 33.3 Å². The van der Waals surface area contributed by atoms with Crippen molar-refractivity contribution in [3.05, 3.63) is 70.8 Å². The minimum atomic E-state index is -0.654. The maximum atomic E-state index is 14.1. The molecule has 1 aliphatic heterocycles. The molecular formula is C26H28O2S3. The fraction of sp³-hybridized carbons (Fsp3) is 0.462. The highest BCUT2D eigenvalue weighted by atomic mass is 33.1. The molecule has 1 saturated heterocycles. The van der Waals surface area contributed by atoms with E-state index in [-0.39, 0.29) is 22.4 Å². The van der Waals surface area contributed by atoms with Crippen LogP contribution in [-0.4, -0.2) is 19.7 Å². The Morgan fingerprint density at radius 2 is 1.10 bits per heavy atom. The molecule has 0 aromatic heterocycles. The molecule has 0 amide bonds. The summed E-state index contributed by atoms with van der Waals surface area (Å²) in [6, 6.07) is 16.1. The molecule has 4 atom stereocenters. The van der Waals surface area contributed by atoms with E-state index in [4.69, 9.17) is 0 Å². The van der Waals surface area contributed by atoms with Gasteiger partial charge in [0.25, 0.3) is 0 Å². The van der Waals surface area contributed by atoms with Gasteiger partial charge in [-0.05, 0) is 36.8 Å². The standard InChI is InChI=1S/C26H28O2S3/c1-5-23(3)15-17-11-7-9-13-19(17)21(27)25(23)29-26(31-30-25)22(28)20-14-10-8-12-18(20)16-24(26,4)6-2/h7-14H,5-6,15-16H2,1-4H3/t23-,24-,25+,26+/m1/s1. The lowest BCUT2D eigenvalue weighted by Crippen LogP contribution is -2.56. The molecule has 2 nitrogen and oxygen atoms in total. The number of fused-ring (bicyclic) bond motifs is 2. The molecule has 31 heavy (non-hydrogen) atoms. The summed E-state index contributed by atoms with van der Waals surface area (Å²) in [6.45, 7) is 8.89. The van der Waals surface area contributed by atoms with E-state index < -0.39 is 8.16 Å². The van der Waals surface area contributed by atoms with Gasteiger partial charge < -0.3 is 0 Å². The number of hydrogen-bond acceptors (Lipinski definition) is 5. The van der Waals surface area contributed by atoms with Crippen LogP contribution in [0.25, 0.3) is 0 Å². The molecule has 2 spiro atoms. The van der Waals surface area contributed by atoms with Crippen molar-refractivity contribution in [3.63, 3.8) is 0 Å². The smallest absolute Gasteiger partial charge is 0.190 e. The Morgan fingerprint density at radius 1 is 0.710 bits per heavy atom. The zero-order chi connectivity index (χ0) is 22.1. The van der Waals surface area contributed by atoms with Gasteiger partial charge in [-0.1, -0.05) is 97.8 Å². The quantitative estimate of drug-likeness (QED) is 0.435. The van der Waals surface area contributed by atoms with Gasteiger partial charge in [-0.2, -0.15) is 0 Å². The van der Waals surface area contributed by atoms with Crippen molar-refractivity contribution in [1.82, 2.24) is 0 Å². The molecule has 1 heterocycles. The van der Waals surface area contributed by atoms with Gasteiger partial charge in [0.2, 0.25) is 0 Å². The van der Waals surface area contributed by atoms with Gasteiger partial charge in [-0.25, -0.2) is 0 Å². The lowest BCUT2D eigenvalue weighted by Gasteiger charge is -2.51. The third kappa shape index (κ3) is 2.69. The van der Waals surface area contributed by atoms with E-state index in [1.807, 2.05) is 36.4 Å². The van der Waals surface area contributed by atoms with Crippen LogP contribution in [0.5, 0.6) is 0 Å². The van der Waals surface area contributed by atoms with Gasteiger partial charge in [0.15, 0.2) is 11.6 Å². The van der Waals surface area contributed by atoms with Crippen molar-refractivity contribution in [2.75, 3.05) is 0 Å². The SMILES string of the molecule is CC[C@]1(C)Cc2ccccc2C(=O)[C@]12SS[C@@]1(S2)C(=O)c2ccccc2C[C@@]1(C)CC. The van der Waals surface area contributed by atoms with E-state index >= 15 is 0 Å². The first-order chi connectivity index (χ1) is 14.8. The lowest BCUT2D eigenvalue weighted by atomic mass is 9.69. The highest BCUT2D eigenvalue weighted by Gasteiger charge is 2.71. The molecule has 2 aromatic carbocycles. The molecule has 5 rings (SSSR count). The molecule has 0 bridgehead atoms. The van der Waals surface area contributed by atoms with Crippen LogP contribution in [0.4, 0.5) is 0 Å². The van der Waals surface area contributed by atoms with Gasteiger partial charge >= 0.3 is 0 Å². The molecule has 3 aliphatic rings. The fourth-order valence-electron chi connectivity index (χ4n) is 5.45. The Morgan fingerprint density at radius 3 is 1.48 bits per heavy atom. The molecule has 0 N–H and O–H groups in total. The second kappa shape index (κ2) is 7.16. The Bertz CT molecular complexity index is 1010. The average molecular weight is 469 g/mol. The number of benzene rings is 2. The van der Waals surface area contributed by atoms with E-state index in [9.17, 15) is 9.59 Å². The predicted molar refractivity (Wildman–Crippen MR) is 134 cm³/mol. The van der Waals surface area contributed by atoms with Crippen molar-refractivity contribution in [2.24, 2.45) is 10.8 Å². The summed E-state index contributed by atoms with van der Waals surface area (Å²) in [7, 11) is 3.36. The minimum absolute atomic E-state index is 0.197. The van der Waals surface area contributed by atoms with Crippen LogP contribution in [0.3, 0.4) is 0 Å². The Balaban J connectivity index is 1.68. The number of thioether (sulfide) groups is 1. The molecule has 2 aliphatic carbocycles.